The lowest BCUT2D eigenvalue weighted by molar-refractivity contribution is -0.135. The Hall–Kier alpha value is -1.91. The Balaban J connectivity index is 1.61. The van der Waals surface area contributed by atoms with Gasteiger partial charge in [-0.2, -0.15) is 0 Å². The molecule has 1 N–H and O–H groups in total. The molecule has 1 atom stereocenters. The summed E-state index contributed by atoms with van der Waals surface area (Å²) in [4.78, 5) is 26.8. The van der Waals surface area contributed by atoms with Gasteiger partial charge < -0.3 is 10.2 Å². The van der Waals surface area contributed by atoms with E-state index >= 15 is 0 Å². The maximum absolute atomic E-state index is 13.3. The molecule has 5 heteroatoms. The number of rotatable bonds is 6. The zero-order chi connectivity index (χ0) is 19.3. The van der Waals surface area contributed by atoms with E-state index in [0.717, 1.165) is 57.1 Å². The highest BCUT2D eigenvalue weighted by Gasteiger charge is 2.37. The lowest BCUT2D eigenvalue weighted by Crippen LogP contribution is -2.47. The van der Waals surface area contributed by atoms with Gasteiger partial charge in [-0.3, -0.25) is 9.59 Å². The van der Waals surface area contributed by atoms with Crippen molar-refractivity contribution in [2.75, 3.05) is 19.6 Å². The average molecular weight is 375 g/mol. The van der Waals surface area contributed by atoms with Crippen LogP contribution in [0.5, 0.6) is 0 Å². The summed E-state index contributed by atoms with van der Waals surface area (Å²) in [6, 6.07) is 6.74. The first-order valence-electron chi connectivity index (χ1n) is 10.4. The minimum absolute atomic E-state index is 0.0531. The van der Waals surface area contributed by atoms with Crippen molar-refractivity contribution in [3.63, 3.8) is 0 Å². The summed E-state index contributed by atoms with van der Waals surface area (Å²) in [6.45, 7) is 3.90. The molecule has 1 aromatic carbocycles. The molecule has 1 aliphatic carbocycles. The molecule has 1 unspecified atom stereocenters. The van der Waals surface area contributed by atoms with Crippen LogP contribution in [0.2, 0.25) is 0 Å². The molecule has 0 spiro atoms. The van der Waals surface area contributed by atoms with Gasteiger partial charge in [0.25, 0.3) is 0 Å². The van der Waals surface area contributed by atoms with E-state index < -0.39 is 0 Å². The summed E-state index contributed by atoms with van der Waals surface area (Å²) in [6.07, 6.45) is 7.43. The van der Waals surface area contributed by atoms with Crippen LogP contribution in [0.3, 0.4) is 0 Å². The van der Waals surface area contributed by atoms with Gasteiger partial charge in [0, 0.05) is 31.5 Å². The van der Waals surface area contributed by atoms with Crippen molar-refractivity contribution in [1.82, 2.24) is 10.2 Å². The number of amides is 2. The molecule has 148 valence electrons. The Labute approximate surface area is 161 Å². The first kappa shape index (κ1) is 19.8. The van der Waals surface area contributed by atoms with Crippen LogP contribution in [-0.4, -0.2) is 36.3 Å². The topological polar surface area (TPSA) is 49.4 Å². The van der Waals surface area contributed by atoms with Gasteiger partial charge in [0.1, 0.15) is 5.82 Å². The first-order valence-corrected chi connectivity index (χ1v) is 10.4. The smallest absolute Gasteiger partial charge is 0.224 e. The van der Waals surface area contributed by atoms with E-state index in [0.29, 0.717) is 19.5 Å². The Morgan fingerprint density at radius 3 is 2.56 bits per heavy atom. The molecule has 0 aromatic heterocycles. The third-order valence-corrected chi connectivity index (χ3v) is 6.23. The molecule has 3 rings (SSSR count). The molecule has 0 radical (unpaired) electrons. The van der Waals surface area contributed by atoms with Crippen LogP contribution >= 0.6 is 0 Å². The molecule has 0 bridgehead atoms. The minimum Gasteiger partial charge on any atom is -0.355 e. The lowest BCUT2D eigenvalue weighted by atomic mass is 9.78. The molecule has 1 aliphatic heterocycles. The quantitative estimate of drug-likeness (QED) is 0.823. The van der Waals surface area contributed by atoms with Crippen LogP contribution in [0.25, 0.3) is 0 Å². The van der Waals surface area contributed by atoms with E-state index in [1.807, 2.05) is 24.0 Å². The lowest BCUT2D eigenvalue weighted by Gasteiger charge is -2.34. The Morgan fingerprint density at radius 1 is 1.19 bits per heavy atom. The number of carbonyl (C=O) groups excluding carboxylic acids is 2. The van der Waals surface area contributed by atoms with Gasteiger partial charge in [0.2, 0.25) is 11.8 Å². The van der Waals surface area contributed by atoms with E-state index in [2.05, 4.69) is 5.32 Å². The van der Waals surface area contributed by atoms with Crippen LogP contribution in [0, 0.1) is 11.7 Å². The molecule has 4 nitrogen and oxygen atoms in total. The van der Waals surface area contributed by atoms with Crippen LogP contribution in [0.4, 0.5) is 4.39 Å². The molecule has 2 fully saturated rings. The molecule has 27 heavy (non-hydrogen) atoms. The van der Waals surface area contributed by atoms with Gasteiger partial charge in [-0.05, 0) is 49.8 Å². The number of benzene rings is 1. The third kappa shape index (κ3) is 4.69. The number of hydrogen-bond acceptors (Lipinski definition) is 2. The summed E-state index contributed by atoms with van der Waals surface area (Å²) >= 11 is 0. The normalized spacial score (nSPS) is 21.9. The molecule has 1 aromatic rings. The molecule has 1 heterocycles. The monoisotopic (exact) mass is 374 g/mol. The number of carbonyl (C=O) groups is 2. The van der Waals surface area contributed by atoms with Crippen LogP contribution in [-0.2, 0) is 15.0 Å². The highest BCUT2D eigenvalue weighted by Crippen LogP contribution is 2.40. The standard InChI is InChI=1S/C22H31FN2O2/c1-2-6-20(26)25-14-5-7-17(15-25)21(27)24-16-22(12-3-4-13-22)18-8-10-19(23)11-9-18/h8-11,17H,2-7,12-16H2,1H3,(H,24,27). The summed E-state index contributed by atoms with van der Waals surface area (Å²) in [5.74, 6) is -0.132. The van der Waals surface area contributed by atoms with Crippen molar-refractivity contribution in [2.24, 2.45) is 5.92 Å². The van der Waals surface area contributed by atoms with Crippen molar-refractivity contribution >= 4 is 11.8 Å². The van der Waals surface area contributed by atoms with Gasteiger partial charge in [0.05, 0.1) is 5.92 Å². The van der Waals surface area contributed by atoms with E-state index in [1.165, 1.54) is 12.1 Å². The molecule has 1 saturated carbocycles. The number of nitrogens with zero attached hydrogens (tertiary/aromatic N) is 1. The van der Waals surface area contributed by atoms with Gasteiger partial charge in [-0.15, -0.1) is 0 Å². The van der Waals surface area contributed by atoms with E-state index in [9.17, 15) is 14.0 Å². The third-order valence-electron chi connectivity index (χ3n) is 6.23. The SMILES string of the molecule is CCCC(=O)N1CCCC(C(=O)NCC2(c3ccc(F)cc3)CCCC2)C1. The van der Waals surface area contributed by atoms with Crippen molar-refractivity contribution < 1.29 is 14.0 Å². The van der Waals surface area contributed by atoms with Crippen LogP contribution in [0.1, 0.15) is 63.9 Å². The van der Waals surface area contributed by atoms with Gasteiger partial charge in [-0.25, -0.2) is 4.39 Å². The van der Waals surface area contributed by atoms with E-state index in [-0.39, 0.29) is 29.0 Å². The van der Waals surface area contributed by atoms with Crippen molar-refractivity contribution in [2.45, 2.75) is 63.7 Å². The Morgan fingerprint density at radius 2 is 1.89 bits per heavy atom. The van der Waals surface area contributed by atoms with Gasteiger partial charge in [0.15, 0.2) is 0 Å². The number of halogens is 1. The Bertz CT molecular complexity index is 653. The summed E-state index contributed by atoms with van der Waals surface area (Å²) < 4.78 is 13.3. The molecule has 1 saturated heterocycles. The number of nitrogens with one attached hydrogen (secondary N) is 1. The van der Waals surface area contributed by atoms with Crippen molar-refractivity contribution in [1.29, 1.82) is 0 Å². The van der Waals surface area contributed by atoms with Crippen LogP contribution < -0.4 is 5.32 Å². The number of piperidine rings is 1. The minimum atomic E-state index is -0.227. The molecular weight excluding hydrogens is 343 g/mol. The summed E-state index contributed by atoms with van der Waals surface area (Å²) in [5.41, 5.74) is 1.03. The zero-order valence-corrected chi connectivity index (χ0v) is 16.3. The fourth-order valence-electron chi connectivity index (χ4n) is 4.61. The first-order chi connectivity index (χ1) is 13.0. The fraction of sp³-hybridized carbons (Fsp3) is 0.636. The molecular formula is C22H31FN2O2. The number of hydrogen-bond donors (Lipinski definition) is 1. The fourth-order valence-corrected chi connectivity index (χ4v) is 4.61. The second kappa shape index (κ2) is 8.85. The maximum atomic E-state index is 13.3. The second-order valence-electron chi connectivity index (χ2n) is 8.14. The highest BCUT2D eigenvalue weighted by atomic mass is 19.1. The summed E-state index contributed by atoms with van der Waals surface area (Å²) in [5, 5.41) is 3.17. The summed E-state index contributed by atoms with van der Waals surface area (Å²) in [7, 11) is 0. The maximum Gasteiger partial charge on any atom is 0.224 e. The predicted molar refractivity (Wildman–Crippen MR) is 104 cm³/mol. The van der Waals surface area contributed by atoms with Crippen molar-refractivity contribution in [3.05, 3.63) is 35.6 Å². The molecule has 2 amide bonds. The van der Waals surface area contributed by atoms with Crippen LogP contribution in [0.15, 0.2) is 24.3 Å². The number of likely N-dealkylation sites (tertiary alicyclic amines) is 1. The largest absolute Gasteiger partial charge is 0.355 e. The van der Waals surface area contributed by atoms with Gasteiger partial charge >= 0.3 is 0 Å². The zero-order valence-electron chi connectivity index (χ0n) is 16.3. The predicted octanol–water partition coefficient (Wildman–Crippen LogP) is 3.79. The molecule has 2 aliphatic rings. The van der Waals surface area contributed by atoms with Crippen molar-refractivity contribution in [3.8, 4) is 0 Å². The average Bonchev–Trinajstić information content (AvgIpc) is 3.17. The van der Waals surface area contributed by atoms with E-state index in [4.69, 9.17) is 0 Å². The Kier molecular flexibility index (Phi) is 6.51. The highest BCUT2D eigenvalue weighted by molar-refractivity contribution is 5.81. The van der Waals surface area contributed by atoms with E-state index in [1.54, 1.807) is 0 Å². The van der Waals surface area contributed by atoms with Gasteiger partial charge in [-0.1, -0.05) is 31.9 Å². The second-order valence-corrected chi connectivity index (χ2v) is 8.14.